The number of hydrogen-bond donors (Lipinski definition) is 2. The summed E-state index contributed by atoms with van der Waals surface area (Å²) in [5.74, 6) is 1.77. The largest absolute Gasteiger partial charge is 0.490 e. The average Bonchev–Trinajstić information content (AvgIpc) is 3.31. The molecule has 1 amide bonds. The highest BCUT2D eigenvalue weighted by Gasteiger charge is 2.34. The van der Waals surface area contributed by atoms with Crippen molar-refractivity contribution in [2.75, 3.05) is 11.9 Å². The number of primary amides is 1. The van der Waals surface area contributed by atoms with Crippen molar-refractivity contribution in [3.05, 3.63) is 101 Å². The monoisotopic (exact) mass is 495 g/mol. The van der Waals surface area contributed by atoms with Crippen LogP contribution in [0, 0.1) is 6.92 Å². The van der Waals surface area contributed by atoms with Crippen molar-refractivity contribution in [3.8, 4) is 22.9 Å². The second kappa shape index (κ2) is 10.2. The molecule has 3 aromatic carbocycles. The highest BCUT2D eigenvalue weighted by molar-refractivity contribution is 5.95. The Balaban J connectivity index is 1.56. The molecule has 0 saturated heterocycles. The van der Waals surface area contributed by atoms with E-state index in [1.807, 2.05) is 93.6 Å². The molecule has 1 atom stereocenters. The number of ether oxygens (including phenoxy) is 2. The van der Waals surface area contributed by atoms with Gasteiger partial charge in [0.1, 0.15) is 12.6 Å². The van der Waals surface area contributed by atoms with E-state index in [1.54, 1.807) is 4.68 Å². The highest BCUT2D eigenvalue weighted by atomic mass is 16.5. The Morgan fingerprint density at radius 2 is 1.76 bits per heavy atom. The van der Waals surface area contributed by atoms with Gasteiger partial charge in [-0.3, -0.25) is 4.79 Å². The molecule has 3 N–H and O–H groups in total. The van der Waals surface area contributed by atoms with Crippen LogP contribution in [0.15, 0.2) is 84.1 Å². The van der Waals surface area contributed by atoms with E-state index in [0.29, 0.717) is 47.8 Å². The van der Waals surface area contributed by atoms with E-state index in [4.69, 9.17) is 25.3 Å². The quantitative estimate of drug-likeness (QED) is 0.356. The molecule has 1 aromatic heterocycles. The third-order valence-corrected chi connectivity index (χ3v) is 6.32. The maximum atomic E-state index is 12.6. The minimum absolute atomic E-state index is 0.409. The van der Waals surface area contributed by atoms with Crippen molar-refractivity contribution < 1.29 is 14.3 Å². The number of carbonyl (C=O) groups is 1. The lowest BCUT2D eigenvalue weighted by atomic mass is 9.95. The van der Waals surface area contributed by atoms with Gasteiger partial charge in [-0.25, -0.2) is 4.68 Å². The van der Waals surface area contributed by atoms with Crippen LogP contribution in [0.3, 0.4) is 0 Å². The van der Waals surface area contributed by atoms with Crippen molar-refractivity contribution in [2.24, 2.45) is 5.73 Å². The summed E-state index contributed by atoms with van der Waals surface area (Å²) in [6, 6.07) is 22.9. The molecule has 0 spiro atoms. The van der Waals surface area contributed by atoms with Crippen molar-refractivity contribution in [1.82, 2.24) is 14.8 Å². The van der Waals surface area contributed by atoms with Gasteiger partial charge in [-0.15, -0.1) is 5.10 Å². The summed E-state index contributed by atoms with van der Waals surface area (Å²) in [5, 5.41) is 8.01. The lowest BCUT2D eigenvalue weighted by molar-refractivity contribution is -0.115. The fraction of sp³-hybridized carbons (Fsp3) is 0.207. The molecule has 8 nitrogen and oxygen atoms in total. The van der Waals surface area contributed by atoms with E-state index in [9.17, 15) is 4.79 Å². The van der Waals surface area contributed by atoms with Gasteiger partial charge in [-0.05, 0) is 49.6 Å². The number of benzene rings is 3. The van der Waals surface area contributed by atoms with Crippen molar-refractivity contribution >= 4 is 11.9 Å². The third-order valence-electron chi connectivity index (χ3n) is 6.32. The molecule has 4 aromatic rings. The number of fused-ring (bicyclic) bond motifs is 1. The van der Waals surface area contributed by atoms with Crippen LogP contribution in [0.5, 0.6) is 11.5 Å². The summed E-state index contributed by atoms with van der Waals surface area (Å²) in [5.41, 5.74) is 10.7. The number of nitrogens with one attached hydrogen (secondary N) is 1. The minimum atomic E-state index is -0.582. The maximum Gasteiger partial charge on any atom is 0.248 e. The number of nitrogens with two attached hydrogens (primary N) is 1. The van der Waals surface area contributed by atoms with Crippen molar-refractivity contribution in [1.29, 1.82) is 0 Å². The maximum absolute atomic E-state index is 12.6. The number of anilines is 1. The van der Waals surface area contributed by atoms with Gasteiger partial charge in [0.25, 0.3) is 0 Å². The van der Waals surface area contributed by atoms with Crippen molar-refractivity contribution in [2.45, 2.75) is 33.4 Å². The molecule has 0 aliphatic carbocycles. The van der Waals surface area contributed by atoms with Gasteiger partial charge in [0.15, 0.2) is 17.3 Å². The second-order valence-electron chi connectivity index (χ2n) is 8.86. The summed E-state index contributed by atoms with van der Waals surface area (Å²) in [4.78, 5) is 17.4. The van der Waals surface area contributed by atoms with Crippen LogP contribution in [0.25, 0.3) is 11.4 Å². The summed E-state index contributed by atoms with van der Waals surface area (Å²) >= 11 is 0. The molecular weight excluding hydrogens is 466 g/mol. The van der Waals surface area contributed by atoms with Crippen LogP contribution in [0.4, 0.5) is 5.95 Å². The molecular formula is C29H29N5O3. The summed E-state index contributed by atoms with van der Waals surface area (Å²) in [6.45, 7) is 6.62. The first-order chi connectivity index (χ1) is 18.0. The minimum Gasteiger partial charge on any atom is -0.490 e. The summed E-state index contributed by atoms with van der Waals surface area (Å²) in [7, 11) is 0. The molecule has 1 aliphatic heterocycles. The van der Waals surface area contributed by atoms with Crippen molar-refractivity contribution in [3.63, 3.8) is 0 Å². The van der Waals surface area contributed by atoms with Gasteiger partial charge in [0.05, 0.1) is 12.2 Å². The summed E-state index contributed by atoms with van der Waals surface area (Å²) in [6.07, 6.45) is 0. The van der Waals surface area contributed by atoms with Crippen LogP contribution >= 0.6 is 0 Å². The first kappa shape index (κ1) is 24.1. The molecule has 2 heterocycles. The first-order valence-electron chi connectivity index (χ1n) is 12.2. The van der Waals surface area contributed by atoms with E-state index >= 15 is 0 Å². The zero-order chi connectivity index (χ0) is 25.9. The smallest absolute Gasteiger partial charge is 0.248 e. The number of nitrogens with zero attached hydrogens (tertiary/aromatic N) is 3. The molecule has 0 bridgehead atoms. The van der Waals surface area contributed by atoms with E-state index in [2.05, 4.69) is 5.32 Å². The van der Waals surface area contributed by atoms with Crippen LogP contribution in [0.1, 0.15) is 36.6 Å². The molecule has 0 radical (unpaired) electrons. The van der Waals surface area contributed by atoms with E-state index in [0.717, 1.165) is 22.3 Å². The topological polar surface area (TPSA) is 104 Å². The number of carbonyl (C=O) groups excluding carboxylic acids is 1. The normalized spacial score (nSPS) is 14.6. The molecule has 5 rings (SSSR count). The van der Waals surface area contributed by atoms with E-state index < -0.39 is 11.9 Å². The molecule has 8 heteroatoms. The Morgan fingerprint density at radius 1 is 1.00 bits per heavy atom. The Hall–Kier alpha value is -4.59. The zero-order valence-corrected chi connectivity index (χ0v) is 21.1. The van der Waals surface area contributed by atoms with Gasteiger partial charge in [0.2, 0.25) is 11.9 Å². The Morgan fingerprint density at radius 3 is 2.49 bits per heavy atom. The van der Waals surface area contributed by atoms with E-state index in [-0.39, 0.29) is 0 Å². The number of aryl methyl sites for hydroxylation is 1. The zero-order valence-electron chi connectivity index (χ0n) is 21.1. The van der Waals surface area contributed by atoms with Crippen LogP contribution in [-0.2, 0) is 11.4 Å². The second-order valence-corrected chi connectivity index (χ2v) is 8.86. The number of rotatable bonds is 8. The Labute approximate surface area is 215 Å². The molecule has 37 heavy (non-hydrogen) atoms. The van der Waals surface area contributed by atoms with Crippen LogP contribution in [0.2, 0.25) is 0 Å². The lowest BCUT2D eigenvalue weighted by Gasteiger charge is -2.28. The van der Waals surface area contributed by atoms with E-state index in [1.165, 1.54) is 0 Å². The standard InChI is InChI=1S/C29H29N5O3/c1-4-36-24-16-21(14-15-23(24)37-17-20-11-6-5-7-12-20)26-25(27(30)35)19(3)31-29-32-28(33-34(26)29)22-13-9-8-10-18(22)2/h5-16,26H,4,17H2,1-3H3,(H2,30,35)(H,31,32,33). The summed E-state index contributed by atoms with van der Waals surface area (Å²) < 4.78 is 13.7. The highest BCUT2D eigenvalue weighted by Crippen LogP contribution is 2.39. The average molecular weight is 496 g/mol. The van der Waals surface area contributed by atoms with Gasteiger partial charge in [-0.1, -0.05) is 60.7 Å². The first-order valence-corrected chi connectivity index (χ1v) is 12.2. The fourth-order valence-electron chi connectivity index (χ4n) is 4.53. The van der Waals surface area contributed by atoms with Crippen LogP contribution < -0.4 is 20.5 Å². The SMILES string of the molecule is CCOc1cc(C2C(C(N)=O)=C(C)Nc3nc(-c4ccccc4C)nn32)ccc1OCc1ccccc1. The number of hydrogen-bond acceptors (Lipinski definition) is 6. The molecule has 1 aliphatic rings. The van der Waals surface area contributed by atoms with Crippen LogP contribution in [-0.4, -0.2) is 27.3 Å². The Kier molecular flexibility index (Phi) is 6.64. The predicted molar refractivity (Wildman–Crippen MR) is 142 cm³/mol. The third kappa shape index (κ3) is 4.78. The van der Waals surface area contributed by atoms with Gasteiger partial charge in [-0.2, -0.15) is 4.98 Å². The molecule has 0 saturated carbocycles. The van der Waals surface area contributed by atoms with Gasteiger partial charge in [0, 0.05) is 11.3 Å². The van der Waals surface area contributed by atoms with Gasteiger partial charge < -0.3 is 20.5 Å². The molecule has 188 valence electrons. The van der Waals surface area contributed by atoms with Gasteiger partial charge >= 0.3 is 0 Å². The molecule has 1 unspecified atom stereocenters. The number of allylic oxidation sites excluding steroid dienone is 1. The molecule has 0 fully saturated rings. The lowest BCUT2D eigenvalue weighted by Crippen LogP contribution is -2.31. The fourth-order valence-corrected chi connectivity index (χ4v) is 4.53. The Bertz CT molecular complexity index is 1480. The number of aromatic nitrogens is 3. The number of amides is 1. The predicted octanol–water partition coefficient (Wildman–Crippen LogP) is 5.01.